The van der Waals surface area contributed by atoms with Gasteiger partial charge in [-0.25, -0.2) is 8.42 Å². The number of carbonyl (C=O) groups excluding carboxylic acids is 2. The van der Waals surface area contributed by atoms with Crippen LogP contribution in [0.4, 0.5) is 5.69 Å². The lowest BCUT2D eigenvalue weighted by molar-refractivity contribution is 0.0955. The number of sulfonamides is 1. The summed E-state index contributed by atoms with van der Waals surface area (Å²) in [6.07, 6.45) is 0.275. The van der Waals surface area contributed by atoms with Crippen LogP contribution in [0.25, 0.3) is 0 Å². The van der Waals surface area contributed by atoms with Gasteiger partial charge in [0, 0.05) is 37.2 Å². The number of amides is 1. The Bertz CT molecular complexity index is 964. The minimum Gasteiger partial charge on any atom is -0.307 e. The van der Waals surface area contributed by atoms with Crippen molar-refractivity contribution in [2.45, 2.75) is 25.2 Å². The zero-order chi connectivity index (χ0) is 19.6. The monoisotopic (exact) mass is 386 g/mol. The van der Waals surface area contributed by atoms with Gasteiger partial charge in [-0.2, -0.15) is 4.31 Å². The van der Waals surface area contributed by atoms with E-state index in [0.29, 0.717) is 36.4 Å². The average Bonchev–Trinajstić information content (AvgIpc) is 2.69. The molecular formula is C20H22N2O4S. The lowest BCUT2D eigenvalue weighted by Gasteiger charge is -2.28. The van der Waals surface area contributed by atoms with Crippen LogP contribution in [-0.4, -0.2) is 44.0 Å². The molecule has 0 saturated heterocycles. The number of anilines is 1. The number of Topliss-reactive ketones (excluding diaryl/α,β-unsaturated/α-hetero) is 1. The Kier molecular flexibility index (Phi) is 5.43. The maximum Gasteiger partial charge on any atom is 0.258 e. The third kappa shape index (κ3) is 3.52. The van der Waals surface area contributed by atoms with Gasteiger partial charge in [-0.1, -0.05) is 26.0 Å². The molecule has 0 aromatic heterocycles. The number of rotatable bonds is 5. The summed E-state index contributed by atoms with van der Waals surface area (Å²) in [4.78, 5) is 26.7. The molecule has 142 valence electrons. The normalized spacial score (nSPS) is 14.3. The summed E-state index contributed by atoms with van der Waals surface area (Å²) in [6.45, 7) is 4.66. The van der Waals surface area contributed by atoms with E-state index in [-0.39, 0.29) is 23.0 Å². The highest BCUT2D eigenvalue weighted by molar-refractivity contribution is 7.89. The van der Waals surface area contributed by atoms with Gasteiger partial charge in [0.2, 0.25) is 10.0 Å². The van der Waals surface area contributed by atoms with Crippen LogP contribution in [0.15, 0.2) is 53.4 Å². The van der Waals surface area contributed by atoms with Crippen LogP contribution in [0.5, 0.6) is 0 Å². The first kappa shape index (κ1) is 19.3. The molecule has 0 radical (unpaired) electrons. The van der Waals surface area contributed by atoms with E-state index in [1.165, 1.54) is 28.6 Å². The number of hydrogen-bond donors (Lipinski definition) is 0. The Morgan fingerprint density at radius 2 is 1.67 bits per heavy atom. The minimum absolute atomic E-state index is 0.0234. The Labute approximate surface area is 159 Å². The molecule has 0 unspecified atom stereocenters. The number of nitrogens with zero attached hydrogens (tertiary/aromatic N) is 2. The van der Waals surface area contributed by atoms with Gasteiger partial charge in [0.25, 0.3) is 5.91 Å². The first-order valence-corrected chi connectivity index (χ1v) is 10.4. The largest absolute Gasteiger partial charge is 0.307 e. The van der Waals surface area contributed by atoms with Crippen LogP contribution in [0.2, 0.25) is 0 Å². The number of ketones is 1. The molecule has 0 saturated carbocycles. The number of carbonyl (C=O) groups is 2. The molecule has 7 heteroatoms. The van der Waals surface area contributed by atoms with Gasteiger partial charge in [-0.3, -0.25) is 9.59 Å². The molecule has 0 spiro atoms. The second-order valence-corrected chi connectivity index (χ2v) is 8.20. The molecular weight excluding hydrogens is 364 g/mol. The van der Waals surface area contributed by atoms with E-state index in [1.54, 1.807) is 43.0 Å². The zero-order valence-corrected chi connectivity index (χ0v) is 16.2. The molecule has 6 nitrogen and oxygen atoms in total. The van der Waals surface area contributed by atoms with Crippen molar-refractivity contribution in [3.05, 3.63) is 59.7 Å². The van der Waals surface area contributed by atoms with Gasteiger partial charge >= 0.3 is 0 Å². The molecule has 3 rings (SSSR count). The van der Waals surface area contributed by atoms with Gasteiger partial charge in [0.1, 0.15) is 0 Å². The topological polar surface area (TPSA) is 74.8 Å². The van der Waals surface area contributed by atoms with Crippen molar-refractivity contribution in [2.75, 3.05) is 24.5 Å². The summed E-state index contributed by atoms with van der Waals surface area (Å²) < 4.78 is 26.5. The fraction of sp³-hybridized carbons (Fsp3) is 0.300. The molecule has 1 heterocycles. The van der Waals surface area contributed by atoms with Crippen LogP contribution in [0.3, 0.4) is 0 Å². The summed E-state index contributed by atoms with van der Waals surface area (Å²) in [5.74, 6) is -0.225. The molecule has 1 aliphatic rings. The predicted octanol–water partition coefficient (Wildman–Crippen LogP) is 2.95. The van der Waals surface area contributed by atoms with Crippen LogP contribution >= 0.6 is 0 Å². The first-order chi connectivity index (χ1) is 12.9. The van der Waals surface area contributed by atoms with Gasteiger partial charge in [-0.15, -0.1) is 0 Å². The molecule has 0 atom stereocenters. The van der Waals surface area contributed by atoms with Gasteiger partial charge in [0.15, 0.2) is 5.78 Å². The lowest BCUT2D eigenvalue weighted by Crippen LogP contribution is -2.37. The zero-order valence-electron chi connectivity index (χ0n) is 15.4. The number of para-hydroxylation sites is 1. The highest BCUT2D eigenvalue weighted by Crippen LogP contribution is 2.28. The molecule has 0 aliphatic carbocycles. The fourth-order valence-electron chi connectivity index (χ4n) is 3.26. The number of hydrogen-bond acceptors (Lipinski definition) is 4. The summed E-state index contributed by atoms with van der Waals surface area (Å²) >= 11 is 0. The van der Waals surface area contributed by atoms with Crippen LogP contribution in [0, 0.1) is 0 Å². The summed E-state index contributed by atoms with van der Waals surface area (Å²) in [6, 6.07) is 13.0. The summed E-state index contributed by atoms with van der Waals surface area (Å²) in [5, 5.41) is 0. The quantitative estimate of drug-likeness (QED) is 0.792. The molecule has 1 amide bonds. The standard InChI is InChI=1S/C20H22N2O4S/c1-3-21(4-2)27(25,26)16-11-9-15(10-12-16)20(24)22-14-13-19(23)17-7-5-6-8-18(17)22/h5-12H,3-4,13-14H2,1-2H3. The van der Waals surface area contributed by atoms with E-state index in [0.717, 1.165) is 0 Å². The molecule has 0 bridgehead atoms. The Balaban J connectivity index is 1.89. The first-order valence-electron chi connectivity index (χ1n) is 8.94. The lowest BCUT2D eigenvalue weighted by atomic mass is 9.99. The summed E-state index contributed by atoms with van der Waals surface area (Å²) in [5.41, 5.74) is 1.52. The average molecular weight is 386 g/mol. The van der Waals surface area contributed by atoms with Crippen molar-refractivity contribution < 1.29 is 18.0 Å². The van der Waals surface area contributed by atoms with E-state index in [9.17, 15) is 18.0 Å². The molecule has 27 heavy (non-hydrogen) atoms. The van der Waals surface area contributed by atoms with Gasteiger partial charge < -0.3 is 4.90 Å². The van der Waals surface area contributed by atoms with Crippen LogP contribution in [0.1, 0.15) is 41.0 Å². The second kappa shape index (κ2) is 7.62. The third-order valence-corrected chi connectivity index (χ3v) is 6.81. The van der Waals surface area contributed by atoms with E-state index in [4.69, 9.17) is 0 Å². The predicted molar refractivity (Wildman–Crippen MR) is 104 cm³/mol. The van der Waals surface area contributed by atoms with E-state index < -0.39 is 10.0 Å². The number of fused-ring (bicyclic) bond motifs is 1. The molecule has 0 N–H and O–H groups in total. The molecule has 0 fully saturated rings. The Morgan fingerprint density at radius 1 is 1.04 bits per heavy atom. The Hall–Kier alpha value is -2.51. The summed E-state index contributed by atoms with van der Waals surface area (Å²) in [7, 11) is -3.56. The van der Waals surface area contributed by atoms with Crippen molar-refractivity contribution in [1.29, 1.82) is 0 Å². The fourth-order valence-corrected chi connectivity index (χ4v) is 4.72. The SMILES string of the molecule is CCN(CC)S(=O)(=O)c1ccc(C(=O)N2CCC(=O)c3ccccc32)cc1. The van der Waals surface area contributed by atoms with Crippen LogP contribution in [-0.2, 0) is 10.0 Å². The smallest absolute Gasteiger partial charge is 0.258 e. The van der Waals surface area contributed by atoms with E-state index in [1.807, 2.05) is 0 Å². The van der Waals surface area contributed by atoms with Gasteiger partial charge in [-0.05, 0) is 36.4 Å². The minimum atomic E-state index is -3.56. The second-order valence-electron chi connectivity index (χ2n) is 6.26. The molecule has 2 aromatic carbocycles. The van der Waals surface area contributed by atoms with Crippen molar-refractivity contribution in [2.24, 2.45) is 0 Å². The van der Waals surface area contributed by atoms with Crippen LogP contribution < -0.4 is 4.90 Å². The van der Waals surface area contributed by atoms with Gasteiger partial charge in [0.05, 0.1) is 10.6 Å². The Morgan fingerprint density at radius 3 is 2.30 bits per heavy atom. The molecule has 2 aromatic rings. The van der Waals surface area contributed by atoms with E-state index in [2.05, 4.69) is 0 Å². The number of benzene rings is 2. The van der Waals surface area contributed by atoms with Crippen molar-refractivity contribution in [3.63, 3.8) is 0 Å². The van der Waals surface area contributed by atoms with Crippen molar-refractivity contribution in [1.82, 2.24) is 4.31 Å². The maximum atomic E-state index is 12.9. The highest BCUT2D eigenvalue weighted by Gasteiger charge is 2.28. The van der Waals surface area contributed by atoms with Crippen molar-refractivity contribution in [3.8, 4) is 0 Å². The van der Waals surface area contributed by atoms with Crippen molar-refractivity contribution >= 4 is 27.4 Å². The third-order valence-electron chi connectivity index (χ3n) is 4.75. The van der Waals surface area contributed by atoms with E-state index >= 15 is 0 Å². The maximum absolute atomic E-state index is 12.9. The molecule has 1 aliphatic heterocycles. The highest BCUT2D eigenvalue weighted by atomic mass is 32.2.